The van der Waals surface area contributed by atoms with Gasteiger partial charge in [0.15, 0.2) is 0 Å². The number of nitrogens with one attached hydrogen (secondary N) is 1. The molecule has 0 aliphatic carbocycles. The molecule has 0 aliphatic heterocycles. The topological polar surface area (TPSA) is 62.3 Å². The van der Waals surface area contributed by atoms with E-state index in [1.807, 2.05) is 24.8 Å². The molecule has 126 valence electrons. The first-order valence-corrected chi connectivity index (χ1v) is 8.21. The second-order valence-electron chi connectivity index (χ2n) is 5.23. The van der Waals surface area contributed by atoms with Crippen molar-refractivity contribution in [3.63, 3.8) is 0 Å². The van der Waals surface area contributed by atoms with Crippen LogP contribution in [0.3, 0.4) is 0 Å². The van der Waals surface area contributed by atoms with Crippen molar-refractivity contribution in [1.82, 2.24) is 9.88 Å². The zero-order chi connectivity index (χ0) is 17.5. The number of ketones is 1. The number of carbonyl (C=O) groups excluding carboxylic acids is 2. The van der Waals surface area contributed by atoms with E-state index in [0.717, 1.165) is 13.1 Å². The van der Waals surface area contributed by atoms with E-state index in [9.17, 15) is 9.59 Å². The van der Waals surface area contributed by atoms with Crippen molar-refractivity contribution in [3.05, 3.63) is 58.9 Å². The molecule has 0 saturated carbocycles. The number of hydrogen-bond acceptors (Lipinski definition) is 4. The highest BCUT2D eigenvalue weighted by molar-refractivity contribution is 6.30. The van der Waals surface area contributed by atoms with E-state index in [-0.39, 0.29) is 29.1 Å². The van der Waals surface area contributed by atoms with Gasteiger partial charge in [-0.05, 0) is 25.2 Å². The van der Waals surface area contributed by atoms with Crippen molar-refractivity contribution in [2.45, 2.75) is 13.8 Å². The van der Waals surface area contributed by atoms with Gasteiger partial charge in [0, 0.05) is 5.56 Å². The number of hydrogen-bond donors (Lipinski definition) is 1. The summed E-state index contributed by atoms with van der Waals surface area (Å²) >= 11 is 5.93. The van der Waals surface area contributed by atoms with E-state index in [0.29, 0.717) is 11.3 Å². The van der Waals surface area contributed by atoms with Gasteiger partial charge in [-0.2, -0.15) is 0 Å². The number of aromatic nitrogens is 1. The van der Waals surface area contributed by atoms with E-state index < -0.39 is 0 Å². The number of likely N-dealkylation sites (N-methyl/N-ethyl adjacent to an activating group) is 1. The standard InChI is InChI=1S/C18H20ClN3O2/c1-3-22(4-2)12-16(23)20-14-10-11-15(19)21-17(14)18(24)13-8-6-5-7-9-13/h5-11H,3-4,12H2,1-2H3,(H,20,23). The van der Waals surface area contributed by atoms with Crippen molar-refractivity contribution in [1.29, 1.82) is 0 Å². The maximum atomic E-state index is 12.7. The Hall–Kier alpha value is -2.24. The van der Waals surface area contributed by atoms with Gasteiger partial charge in [-0.15, -0.1) is 0 Å². The molecule has 0 aliphatic rings. The molecular weight excluding hydrogens is 326 g/mol. The van der Waals surface area contributed by atoms with Crippen LogP contribution in [0.5, 0.6) is 0 Å². The molecule has 0 radical (unpaired) electrons. The van der Waals surface area contributed by atoms with E-state index in [2.05, 4.69) is 10.3 Å². The fourth-order valence-electron chi connectivity index (χ4n) is 2.28. The molecule has 1 aromatic carbocycles. The third kappa shape index (κ3) is 4.63. The van der Waals surface area contributed by atoms with Crippen LogP contribution in [0.2, 0.25) is 5.15 Å². The van der Waals surface area contributed by atoms with Crippen molar-refractivity contribution >= 4 is 29.0 Å². The van der Waals surface area contributed by atoms with Gasteiger partial charge < -0.3 is 5.32 Å². The summed E-state index contributed by atoms with van der Waals surface area (Å²) in [6.07, 6.45) is 0. The zero-order valence-corrected chi connectivity index (χ0v) is 14.5. The van der Waals surface area contributed by atoms with Crippen LogP contribution >= 0.6 is 11.6 Å². The third-order valence-electron chi connectivity index (χ3n) is 3.65. The summed E-state index contributed by atoms with van der Waals surface area (Å²) in [6.45, 7) is 5.79. The van der Waals surface area contributed by atoms with Crippen LogP contribution in [-0.4, -0.2) is 41.2 Å². The Bertz CT molecular complexity index is 715. The van der Waals surface area contributed by atoms with E-state index in [4.69, 9.17) is 11.6 Å². The van der Waals surface area contributed by atoms with Crippen LogP contribution in [0.15, 0.2) is 42.5 Å². The second-order valence-corrected chi connectivity index (χ2v) is 5.62. The summed E-state index contributed by atoms with van der Waals surface area (Å²) in [5.41, 5.74) is 0.999. The third-order valence-corrected chi connectivity index (χ3v) is 3.86. The molecule has 6 heteroatoms. The molecule has 0 fully saturated rings. The van der Waals surface area contributed by atoms with Crippen LogP contribution in [0, 0.1) is 0 Å². The summed E-state index contributed by atoms with van der Waals surface area (Å²) < 4.78 is 0. The number of halogens is 1. The minimum atomic E-state index is -0.281. The zero-order valence-electron chi connectivity index (χ0n) is 13.8. The highest BCUT2D eigenvalue weighted by Gasteiger charge is 2.18. The first kappa shape index (κ1) is 18.1. The van der Waals surface area contributed by atoms with Crippen molar-refractivity contribution in [2.24, 2.45) is 0 Å². The van der Waals surface area contributed by atoms with Gasteiger partial charge in [0.25, 0.3) is 0 Å². The molecule has 0 spiro atoms. The predicted octanol–water partition coefficient (Wildman–Crippen LogP) is 3.25. The average molecular weight is 346 g/mol. The molecule has 1 heterocycles. The Balaban J connectivity index is 2.25. The lowest BCUT2D eigenvalue weighted by Gasteiger charge is -2.18. The SMILES string of the molecule is CCN(CC)CC(=O)Nc1ccc(Cl)nc1C(=O)c1ccccc1. The molecule has 1 aromatic heterocycles. The first-order valence-electron chi connectivity index (χ1n) is 7.83. The Morgan fingerprint density at radius 3 is 2.38 bits per heavy atom. The molecule has 0 atom stereocenters. The summed E-state index contributed by atoms with van der Waals surface area (Å²) in [7, 11) is 0. The lowest BCUT2D eigenvalue weighted by Crippen LogP contribution is -2.33. The Labute approximate surface area is 146 Å². The van der Waals surface area contributed by atoms with Gasteiger partial charge in [-0.25, -0.2) is 4.98 Å². The quantitative estimate of drug-likeness (QED) is 0.618. The molecule has 1 amide bonds. The highest BCUT2D eigenvalue weighted by Crippen LogP contribution is 2.20. The average Bonchev–Trinajstić information content (AvgIpc) is 2.61. The first-order chi connectivity index (χ1) is 11.5. The monoisotopic (exact) mass is 345 g/mol. The summed E-state index contributed by atoms with van der Waals surface area (Å²) in [4.78, 5) is 31.0. The lowest BCUT2D eigenvalue weighted by molar-refractivity contribution is -0.117. The lowest BCUT2D eigenvalue weighted by atomic mass is 10.1. The van der Waals surface area contributed by atoms with E-state index in [1.54, 1.807) is 36.4 Å². The molecule has 0 unspecified atom stereocenters. The predicted molar refractivity (Wildman–Crippen MR) is 95.5 cm³/mol. The number of rotatable bonds is 7. The minimum absolute atomic E-state index is 0.140. The van der Waals surface area contributed by atoms with Crippen LogP contribution in [0.4, 0.5) is 5.69 Å². The number of benzene rings is 1. The number of anilines is 1. The van der Waals surface area contributed by atoms with E-state index >= 15 is 0 Å². The van der Waals surface area contributed by atoms with Crippen molar-refractivity contribution in [3.8, 4) is 0 Å². The smallest absolute Gasteiger partial charge is 0.238 e. The molecular formula is C18H20ClN3O2. The van der Waals surface area contributed by atoms with Crippen LogP contribution < -0.4 is 5.32 Å². The maximum absolute atomic E-state index is 12.7. The van der Waals surface area contributed by atoms with Crippen LogP contribution in [0.1, 0.15) is 29.9 Å². The second kappa shape index (κ2) is 8.57. The van der Waals surface area contributed by atoms with Gasteiger partial charge >= 0.3 is 0 Å². The highest BCUT2D eigenvalue weighted by atomic mass is 35.5. The summed E-state index contributed by atoms with van der Waals surface area (Å²) in [5, 5.41) is 2.97. The fourth-order valence-corrected chi connectivity index (χ4v) is 2.42. The molecule has 1 N–H and O–H groups in total. The number of amides is 1. The largest absolute Gasteiger partial charge is 0.323 e. The van der Waals surface area contributed by atoms with Gasteiger partial charge in [-0.3, -0.25) is 14.5 Å². The molecule has 0 bridgehead atoms. The maximum Gasteiger partial charge on any atom is 0.238 e. The molecule has 0 saturated heterocycles. The van der Waals surface area contributed by atoms with Crippen molar-refractivity contribution in [2.75, 3.05) is 25.0 Å². The van der Waals surface area contributed by atoms with Gasteiger partial charge in [0.1, 0.15) is 10.8 Å². The van der Waals surface area contributed by atoms with Gasteiger partial charge in [-0.1, -0.05) is 55.8 Å². The molecule has 2 rings (SSSR count). The molecule has 24 heavy (non-hydrogen) atoms. The van der Waals surface area contributed by atoms with Gasteiger partial charge in [0.2, 0.25) is 11.7 Å². The van der Waals surface area contributed by atoms with E-state index in [1.165, 1.54) is 0 Å². The fraction of sp³-hybridized carbons (Fsp3) is 0.278. The van der Waals surface area contributed by atoms with Crippen LogP contribution in [0.25, 0.3) is 0 Å². The number of pyridine rings is 1. The molecule has 2 aromatic rings. The number of carbonyl (C=O) groups is 2. The molecule has 5 nitrogen and oxygen atoms in total. The Morgan fingerprint density at radius 2 is 1.75 bits per heavy atom. The number of nitrogens with zero attached hydrogens (tertiary/aromatic N) is 2. The minimum Gasteiger partial charge on any atom is -0.323 e. The van der Waals surface area contributed by atoms with Crippen molar-refractivity contribution < 1.29 is 9.59 Å². The Kier molecular flexibility index (Phi) is 6.46. The van der Waals surface area contributed by atoms with Crippen LogP contribution in [-0.2, 0) is 4.79 Å². The Morgan fingerprint density at radius 1 is 1.08 bits per heavy atom. The summed E-state index contributed by atoms with van der Waals surface area (Å²) in [6, 6.07) is 11.9. The summed E-state index contributed by atoms with van der Waals surface area (Å²) in [5.74, 6) is -0.471. The normalized spacial score (nSPS) is 10.7. The van der Waals surface area contributed by atoms with Gasteiger partial charge in [0.05, 0.1) is 12.2 Å².